The van der Waals surface area contributed by atoms with Crippen LogP contribution in [0.3, 0.4) is 0 Å². The maximum absolute atomic E-state index is 12.8. The summed E-state index contributed by atoms with van der Waals surface area (Å²) < 4.78 is 12.8. The molecule has 110 valence electrons. The quantitative estimate of drug-likeness (QED) is 0.884. The van der Waals surface area contributed by atoms with Crippen molar-refractivity contribution in [2.45, 2.75) is 25.8 Å². The summed E-state index contributed by atoms with van der Waals surface area (Å²) in [5, 5.41) is 2.78. The average Bonchev–Trinajstić information content (AvgIpc) is 2.42. The van der Waals surface area contributed by atoms with Crippen molar-refractivity contribution in [3.05, 3.63) is 30.1 Å². The lowest BCUT2D eigenvalue weighted by atomic mass is 9.91. The number of hydrogen-bond donors (Lipinski definition) is 2. The molecule has 0 spiro atoms. The van der Waals surface area contributed by atoms with Crippen LogP contribution in [0.25, 0.3) is 0 Å². The highest BCUT2D eigenvalue weighted by atomic mass is 19.1. The van der Waals surface area contributed by atoms with Crippen LogP contribution in [-0.2, 0) is 4.79 Å². The van der Waals surface area contributed by atoms with Gasteiger partial charge in [0.2, 0.25) is 5.91 Å². The number of carbonyl (C=O) groups is 1. The number of anilines is 1. The molecule has 0 saturated carbocycles. The molecule has 1 aromatic carbocycles. The van der Waals surface area contributed by atoms with Crippen LogP contribution in [0.4, 0.5) is 10.1 Å². The van der Waals surface area contributed by atoms with Gasteiger partial charge in [-0.3, -0.25) is 9.69 Å². The molecule has 1 amide bonds. The molecule has 0 aliphatic carbocycles. The summed E-state index contributed by atoms with van der Waals surface area (Å²) in [4.78, 5) is 14.0. The van der Waals surface area contributed by atoms with Crippen LogP contribution in [0.1, 0.15) is 19.8 Å². The second-order valence-corrected chi connectivity index (χ2v) is 5.53. The molecule has 1 aliphatic heterocycles. The highest BCUT2D eigenvalue weighted by molar-refractivity contribution is 5.92. The van der Waals surface area contributed by atoms with E-state index in [0.717, 1.165) is 25.9 Å². The van der Waals surface area contributed by atoms with Crippen molar-refractivity contribution in [2.75, 3.05) is 25.0 Å². The number of carbonyl (C=O) groups excluding carboxylic acids is 1. The van der Waals surface area contributed by atoms with Crippen molar-refractivity contribution in [3.8, 4) is 0 Å². The van der Waals surface area contributed by atoms with E-state index in [-0.39, 0.29) is 17.8 Å². The number of benzene rings is 1. The number of amides is 1. The molecule has 3 N–H and O–H groups in total. The Hall–Kier alpha value is -1.46. The summed E-state index contributed by atoms with van der Waals surface area (Å²) >= 11 is 0. The van der Waals surface area contributed by atoms with Crippen LogP contribution in [0.2, 0.25) is 0 Å². The van der Waals surface area contributed by atoms with Crippen molar-refractivity contribution in [1.29, 1.82) is 0 Å². The molecular weight excluding hydrogens is 257 g/mol. The van der Waals surface area contributed by atoms with Crippen LogP contribution < -0.4 is 11.1 Å². The number of halogens is 1. The van der Waals surface area contributed by atoms with Crippen molar-refractivity contribution in [3.63, 3.8) is 0 Å². The van der Waals surface area contributed by atoms with E-state index >= 15 is 0 Å². The van der Waals surface area contributed by atoms with Gasteiger partial charge in [0, 0.05) is 11.7 Å². The fraction of sp³-hybridized carbons (Fsp3) is 0.533. The second-order valence-electron chi connectivity index (χ2n) is 5.53. The molecule has 1 aromatic rings. The van der Waals surface area contributed by atoms with Crippen molar-refractivity contribution in [2.24, 2.45) is 11.7 Å². The first-order valence-corrected chi connectivity index (χ1v) is 7.08. The topological polar surface area (TPSA) is 58.4 Å². The molecule has 1 heterocycles. The van der Waals surface area contributed by atoms with Crippen LogP contribution in [0, 0.1) is 11.7 Å². The van der Waals surface area contributed by atoms with E-state index in [0.29, 0.717) is 18.2 Å². The van der Waals surface area contributed by atoms with Gasteiger partial charge in [0.05, 0.1) is 6.54 Å². The van der Waals surface area contributed by atoms with Gasteiger partial charge in [-0.1, -0.05) is 0 Å². The number of likely N-dealkylation sites (tertiary alicyclic amines) is 1. The van der Waals surface area contributed by atoms with E-state index in [2.05, 4.69) is 10.2 Å². The van der Waals surface area contributed by atoms with Gasteiger partial charge in [0.1, 0.15) is 5.82 Å². The minimum absolute atomic E-state index is 0.0594. The summed E-state index contributed by atoms with van der Waals surface area (Å²) in [6, 6.07) is 6.03. The van der Waals surface area contributed by atoms with E-state index in [4.69, 9.17) is 5.73 Å². The van der Waals surface area contributed by atoms with Gasteiger partial charge in [0.15, 0.2) is 0 Å². The van der Waals surface area contributed by atoms with Gasteiger partial charge in [-0.05, 0) is 63.0 Å². The molecule has 4 nitrogen and oxygen atoms in total. The van der Waals surface area contributed by atoms with Gasteiger partial charge < -0.3 is 11.1 Å². The fourth-order valence-electron chi connectivity index (χ4n) is 2.57. The fourth-order valence-corrected chi connectivity index (χ4v) is 2.57. The van der Waals surface area contributed by atoms with Gasteiger partial charge in [-0.2, -0.15) is 0 Å². The lowest BCUT2D eigenvalue weighted by Gasteiger charge is -2.33. The predicted molar refractivity (Wildman–Crippen MR) is 77.8 cm³/mol. The van der Waals surface area contributed by atoms with Crippen LogP contribution in [0.5, 0.6) is 0 Å². The molecule has 1 aliphatic rings. The SMILES string of the molecule is CC(N)C1CCN(CC(=O)Nc2ccc(F)cc2)CC1. The zero-order chi connectivity index (χ0) is 14.5. The number of piperidine rings is 1. The molecule has 1 unspecified atom stereocenters. The van der Waals surface area contributed by atoms with Gasteiger partial charge in [-0.15, -0.1) is 0 Å². The Kier molecular flexibility index (Phi) is 5.09. The van der Waals surface area contributed by atoms with Crippen molar-refractivity contribution < 1.29 is 9.18 Å². The lowest BCUT2D eigenvalue weighted by Crippen LogP contribution is -2.42. The highest BCUT2D eigenvalue weighted by Gasteiger charge is 2.22. The molecular formula is C15H22FN3O. The minimum atomic E-state index is -0.305. The third-order valence-corrected chi connectivity index (χ3v) is 3.87. The Morgan fingerprint density at radius 1 is 1.40 bits per heavy atom. The minimum Gasteiger partial charge on any atom is -0.328 e. The Balaban J connectivity index is 1.77. The van der Waals surface area contributed by atoms with Gasteiger partial charge in [0.25, 0.3) is 0 Å². The summed E-state index contributed by atoms with van der Waals surface area (Å²) in [5.74, 6) is 0.197. The van der Waals surface area contributed by atoms with Crippen LogP contribution >= 0.6 is 0 Å². The molecule has 0 aromatic heterocycles. The number of nitrogens with one attached hydrogen (secondary N) is 1. The summed E-state index contributed by atoms with van der Waals surface area (Å²) in [7, 11) is 0. The van der Waals surface area contributed by atoms with E-state index in [1.54, 1.807) is 12.1 Å². The lowest BCUT2D eigenvalue weighted by molar-refractivity contribution is -0.117. The van der Waals surface area contributed by atoms with Gasteiger partial charge >= 0.3 is 0 Å². The smallest absolute Gasteiger partial charge is 0.238 e. The molecule has 2 rings (SSSR count). The highest BCUT2D eigenvalue weighted by Crippen LogP contribution is 2.19. The maximum Gasteiger partial charge on any atom is 0.238 e. The normalized spacial score (nSPS) is 18.8. The molecule has 0 bridgehead atoms. The number of nitrogens with zero attached hydrogens (tertiary/aromatic N) is 1. The van der Waals surface area contributed by atoms with Crippen LogP contribution in [-0.4, -0.2) is 36.5 Å². The summed E-state index contributed by atoms with van der Waals surface area (Å²) in [6.45, 7) is 4.23. The molecule has 1 atom stereocenters. The number of hydrogen-bond acceptors (Lipinski definition) is 3. The van der Waals surface area contributed by atoms with Crippen molar-refractivity contribution >= 4 is 11.6 Å². The number of rotatable bonds is 4. The Bertz CT molecular complexity index is 439. The summed E-state index contributed by atoms with van der Waals surface area (Å²) in [5.41, 5.74) is 6.53. The zero-order valence-electron chi connectivity index (χ0n) is 11.8. The van der Waals surface area contributed by atoms with Crippen LogP contribution in [0.15, 0.2) is 24.3 Å². The first kappa shape index (κ1) is 14.9. The third kappa shape index (κ3) is 4.28. The molecule has 0 radical (unpaired) electrons. The maximum atomic E-state index is 12.8. The van der Waals surface area contributed by atoms with E-state index in [9.17, 15) is 9.18 Å². The Morgan fingerprint density at radius 2 is 2.00 bits per heavy atom. The second kappa shape index (κ2) is 6.81. The summed E-state index contributed by atoms with van der Waals surface area (Å²) in [6.07, 6.45) is 2.09. The van der Waals surface area contributed by atoms with Crippen molar-refractivity contribution in [1.82, 2.24) is 4.90 Å². The largest absolute Gasteiger partial charge is 0.328 e. The van der Waals surface area contributed by atoms with Gasteiger partial charge in [-0.25, -0.2) is 4.39 Å². The first-order chi connectivity index (χ1) is 9.54. The standard InChI is InChI=1S/C15H22FN3O/c1-11(17)12-6-8-19(9-7-12)10-15(20)18-14-4-2-13(16)3-5-14/h2-5,11-12H,6-10,17H2,1H3,(H,18,20). The molecule has 1 saturated heterocycles. The molecule has 20 heavy (non-hydrogen) atoms. The van der Waals surface area contributed by atoms with E-state index in [1.807, 2.05) is 6.92 Å². The van der Waals surface area contributed by atoms with E-state index < -0.39 is 0 Å². The first-order valence-electron chi connectivity index (χ1n) is 7.08. The number of nitrogens with two attached hydrogens (primary N) is 1. The third-order valence-electron chi connectivity index (χ3n) is 3.87. The monoisotopic (exact) mass is 279 g/mol. The predicted octanol–water partition coefficient (Wildman–Crippen LogP) is 1.82. The zero-order valence-corrected chi connectivity index (χ0v) is 11.8. The Labute approximate surface area is 119 Å². The molecule has 5 heteroatoms. The average molecular weight is 279 g/mol. The Morgan fingerprint density at radius 3 is 2.55 bits per heavy atom. The molecule has 1 fully saturated rings. The van der Waals surface area contributed by atoms with E-state index in [1.165, 1.54) is 12.1 Å².